The Bertz CT molecular complexity index is 916. The minimum Gasteiger partial charge on any atom is -0.380 e. The summed E-state index contributed by atoms with van der Waals surface area (Å²) in [5.41, 5.74) is 5.32. The standard InChI is InChI=1S/C21H24ClN3O2/c1-12-14-8-9-21(2,10-14)19(12)23-20(26)18-16(11-27-3)17(24-25-18)13-4-6-15(22)7-5-13/h4-7,14H,8-11H2,1-3H3,(H,23,26)(H,24,25). The smallest absolute Gasteiger partial charge is 0.276 e. The summed E-state index contributed by atoms with van der Waals surface area (Å²) in [5.74, 6) is 0.425. The number of aromatic amines is 1. The van der Waals surface area contributed by atoms with E-state index in [1.54, 1.807) is 7.11 Å². The Labute approximate surface area is 164 Å². The number of rotatable bonds is 5. The van der Waals surface area contributed by atoms with Crippen molar-refractivity contribution in [2.24, 2.45) is 11.3 Å². The van der Waals surface area contributed by atoms with Crippen LogP contribution >= 0.6 is 11.6 Å². The molecule has 2 aliphatic rings. The van der Waals surface area contributed by atoms with Gasteiger partial charge in [-0.2, -0.15) is 5.10 Å². The molecule has 4 rings (SSSR count). The number of carbonyl (C=O) groups is 1. The molecule has 2 atom stereocenters. The molecule has 2 unspecified atom stereocenters. The zero-order chi connectivity index (χ0) is 19.2. The molecule has 1 heterocycles. The lowest BCUT2D eigenvalue weighted by Gasteiger charge is -2.27. The van der Waals surface area contributed by atoms with Crippen molar-refractivity contribution in [3.63, 3.8) is 0 Å². The summed E-state index contributed by atoms with van der Waals surface area (Å²) in [5, 5.41) is 11.2. The highest BCUT2D eigenvalue weighted by Crippen LogP contribution is 2.55. The first kappa shape index (κ1) is 18.3. The molecule has 27 heavy (non-hydrogen) atoms. The number of allylic oxidation sites excluding steroid dienone is 2. The number of aromatic nitrogens is 2. The molecule has 0 saturated heterocycles. The normalized spacial score (nSPS) is 23.9. The molecule has 0 radical (unpaired) electrons. The van der Waals surface area contributed by atoms with Gasteiger partial charge in [0.15, 0.2) is 5.69 Å². The molecule has 1 amide bonds. The van der Waals surface area contributed by atoms with Crippen molar-refractivity contribution < 1.29 is 9.53 Å². The van der Waals surface area contributed by atoms with Crippen LogP contribution in [0, 0.1) is 11.3 Å². The summed E-state index contributed by atoms with van der Waals surface area (Å²) < 4.78 is 5.35. The number of methoxy groups -OCH3 is 1. The number of halogens is 1. The van der Waals surface area contributed by atoms with Gasteiger partial charge in [-0.25, -0.2) is 0 Å². The SMILES string of the molecule is COCc1c(C(=O)NC2=C(C)C3CCC2(C)C3)n[nH]c1-c1ccc(Cl)cc1. The Hall–Kier alpha value is -2.11. The van der Waals surface area contributed by atoms with E-state index < -0.39 is 0 Å². The first-order valence-corrected chi connectivity index (χ1v) is 9.65. The third-order valence-electron chi connectivity index (χ3n) is 6.09. The summed E-state index contributed by atoms with van der Waals surface area (Å²) in [7, 11) is 1.62. The minimum atomic E-state index is -0.179. The van der Waals surface area contributed by atoms with E-state index in [1.807, 2.05) is 24.3 Å². The van der Waals surface area contributed by atoms with Gasteiger partial charge in [0, 0.05) is 34.4 Å². The molecular formula is C21H24ClN3O2. The number of amides is 1. The maximum absolute atomic E-state index is 13.1. The number of benzene rings is 1. The number of hydrogen-bond donors (Lipinski definition) is 2. The average Bonchev–Trinajstić information content (AvgIpc) is 3.30. The van der Waals surface area contributed by atoms with Gasteiger partial charge >= 0.3 is 0 Å². The van der Waals surface area contributed by atoms with E-state index >= 15 is 0 Å². The highest BCUT2D eigenvalue weighted by Gasteiger charge is 2.47. The predicted octanol–water partition coefficient (Wildman–Crippen LogP) is 4.70. The number of ether oxygens (including phenoxy) is 1. The largest absolute Gasteiger partial charge is 0.380 e. The predicted molar refractivity (Wildman–Crippen MR) is 105 cm³/mol. The van der Waals surface area contributed by atoms with Gasteiger partial charge in [0.1, 0.15) is 0 Å². The second kappa shape index (κ2) is 6.80. The molecule has 142 valence electrons. The summed E-state index contributed by atoms with van der Waals surface area (Å²) >= 11 is 5.99. The Balaban J connectivity index is 1.66. The summed E-state index contributed by atoms with van der Waals surface area (Å²) in [4.78, 5) is 13.1. The van der Waals surface area contributed by atoms with Crippen LogP contribution in [-0.2, 0) is 11.3 Å². The molecule has 0 aliphatic heterocycles. The van der Waals surface area contributed by atoms with E-state index in [0.717, 1.165) is 35.4 Å². The number of hydrogen-bond acceptors (Lipinski definition) is 3. The van der Waals surface area contributed by atoms with Crippen LogP contribution in [0.3, 0.4) is 0 Å². The van der Waals surface area contributed by atoms with Gasteiger partial charge in [0.2, 0.25) is 0 Å². The molecular weight excluding hydrogens is 362 g/mol. The number of H-pyrrole nitrogens is 1. The fourth-order valence-electron chi connectivity index (χ4n) is 4.63. The van der Waals surface area contributed by atoms with Crippen molar-refractivity contribution in [1.29, 1.82) is 0 Å². The summed E-state index contributed by atoms with van der Waals surface area (Å²) in [6.07, 6.45) is 3.49. The molecule has 1 aromatic heterocycles. The molecule has 1 aromatic carbocycles. The van der Waals surface area contributed by atoms with Crippen LogP contribution in [0.5, 0.6) is 0 Å². The van der Waals surface area contributed by atoms with Crippen molar-refractivity contribution >= 4 is 17.5 Å². The molecule has 6 heteroatoms. The summed E-state index contributed by atoms with van der Waals surface area (Å²) in [6.45, 7) is 4.69. The second-order valence-electron chi connectivity index (χ2n) is 7.88. The third-order valence-corrected chi connectivity index (χ3v) is 6.35. The number of carbonyl (C=O) groups excluding carboxylic acids is 1. The highest BCUT2D eigenvalue weighted by molar-refractivity contribution is 6.30. The van der Waals surface area contributed by atoms with Gasteiger partial charge in [-0.3, -0.25) is 9.89 Å². The van der Waals surface area contributed by atoms with E-state index in [4.69, 9.17) is 16.3 Å². The number of nitrogens with one attached hydrogen (secondary N) is 2. The fourth-order valence-corrected chi connectivity index (χ4v) is 4.76. The third kappa shape index (κ3) is 3.09. The molecule has 2 N–H and O–H groups in total. The van der Waals surface area contributed by atoms with Crippen LogP contribution in [0.4, 0.5) is 0 Å². The topological polar surface area (TPSA) is 67.0 Å². The van der Waals surface area contributed by atoms with Gasteiger partial charge in [-0.1, -0.05) is 36.2 Å². The lowest BCUT2D eigenvalue weighted by Crippen LogP contribution is -2.32. The van der Waals surface area contributed by atoms with Gasteiger partial charge in [-0.15, -0.1) is 0 Å². The molecule has 1 fully saturated rings. The van der Waals surface area contributed by atoms with Crippen LogP contribution in [0.2, 0.25) is 5.02 Å². The van der Waals surface area contributed by atoms with Crippen LogP contribution in [0.25, 0.3) is 11.3 Å². The van der Waals surface area contributed by atoms with Crippen LogP contribution in [-0.4, -0.2) is 23.2 Å². The molecule has 2 bridgehead atoms. The highest BCUT2D eigenvalue weighted by atomic mass is 35.5. The second-order valence-corrected chi connectivity index (χ2v) is 8.31. The van der Waals surface area contributed by atoms with Crippen molar-refractivity contribution in [3.8, 4) is 11.3 Å². The maximum atomic E-state index is 13.1. The van der Waals surface area contributed by atoms with E-state index in [-0.39, 0.29) is 11.3 Å². The van der Waals surface area contributed by atoms with Crippen LogP contribution in [0.1, 0.15) is 49.2 Å². The maximum Gasteiger partial charge on any atom is 0.276 e. The fraction of sp³-hybridized carbons (Fsp3) is 0.429. The Morgan fingerprint density at radius 2 is 2.15 bits per heavy atom. The molecule has 0 spiro atoms. The lowest BCUT2D eigenvalue weighted by molar-refractivity contribution is 0.0946. The van der Waals surface area contributed by atoms with Gasteiger partial charge < -0.3 is 10.1 Å². The van der Waals surface area contributed by atoms with E-state index in [2.05, 4.69) is 29.4 Å². The zero-order valence-corrected chi connectivity index (χ0v) is 16.6. The summed E-state index contributed by atoms with van der Waals surface area (Å²) in [6, 6.07) is 7.44. The van der Waals surface area contributed by atoms with E-state index in [9.17, 15) is 4.79 Å². The first-order valence-electron chi connectivity index (χ1n) is 9.27. The Morgan fingerprint density at radius 1 is 1.41 bits per heavy atom. The molecule has 2 aliphatic carbocycles. The van der Waals surface area contributed by atoms with Crippen molar-refractivity contribution in [2.45, 2.75) is 39.7 Å². The van der Waals surface area contributed by atoms with Crippen molar-refractivity contribution in [1.82, 2.24) is 15.5 Å². The van der Waals surface area contributed by atoms with Gasteiger partial charge in [0.05, 0.1) is 12.3 Å². The first-order chi connectivity index (χ1) is 12.9. The van der Waals surface area contributed by atoms with E-state index in [0.29, 0.717) is 23.2 Å². The Kier molecular flexibility index (Phi) is 4.60. The lowest BCUT2D eigenvalue weighted by atomic mass is 9.85. The number of fused-ring (bicyclic) bond motifs is 2. The average molecular weight is 386 g/mol. The molecule has 1 saturated carbocycles. The van der Waals surface area contributed by atoms with Crippen LogP contribution < -0.4 is 5.32 Å². The molecule has 2 aromatic rings. The van der Waals surface area contributed by atoms with Crippen LogP contribution in [0.15, 0.2) is 35.5 Å². The van der Waals surface area contributed by atoms with Crippen molar-refractivity contribution in [2.75, 3.05) is 7.11 Å². The monoisotopic (exact) mass is 385 g/mol. The zero-order valence-electron chi connectivity index (χ0n) is 15.9. The molecule has 5 nitrogen and oxygen atoms in total. The Morgan fingerprint density at radius 3 is 2.78 bits per heavy atom. The number of nitrogens with zero attached hydrogens (tertiary/aromatic N) is 1. The minimum absolute atomic E-state index is 0.0845. The quantitative estimate of drug-likeness (QED) is 0.783. The van der Waals surface area contributed by atoms with Gasteiger partial charge in [-0.05, 0) is 44.2 Å². The van der Waals surface area contributed by atoms with E-state index in [1.165, 1.54) is 12.0 Å². The van der Waals surface area contributed by atoms with Crippen molar-refractivity contribution in [3.05, 3.63) is 51.8 Å². The van der Waals surface area contributed by atoms with Gasteiger partial charge in [0.25, 0.3) is 5.91 Å².